The molecular formula is C13H12O4. The van der Waals surface area contributed by atoms with Crippen molar-refractivity contribution in [3.63, 3.8) is 0 Å². The van der Waals surface area contributed by atoms with E-state index >= 15 is 0 Å². The molecule has 2 aromatic rings. The Morgan fingerprint density at radius 2 is 1.53 bits per heavy atom. The molecular weight excluding hydrogens is 220 g/mol. The fraction of sp³-hybridized carbons (Fsp3) is 0.0769. The number of hydrogen-bond acceptors (Lipinski definition) is 4. The predicted octanol–water partition coefficient (Wildman–Crippen LogP) is 2.90. The van der Waals surface area contributed by atoms with Gasteiger partial charge in [0.25, 0.3) is 0 Å². The number of methoxy groups -OCH3 is 1. The van der Waals surface area contributed by atoms with Crippen molar-refractivity contribution in [2.75, 3.05) is 7.11 Å². The van der Waals surface area contributed by atoms with Gasteiger partial charge in [0.2, 0.25) is 0 Å². The van der Waals surface area contributed by atoms with E-state index in [2.05, 4.69) is 0 Å². The summed E-state index contributed by atoms with van der Waals surface area (Å²) in [7, 11) is 1.52. The lowest BCUT2D eigenvalue weighted by molar-refractivity contribution is 0.390. The van der Waals surface area contributed by atoms with Gasteiger partial charge in [-0.15, -0.1) is 0 Å². The number of rotatable bonds is 3. The van der Waals surface area contributed by atoms with Crippen LogP contribution in [0.2, 0.25) is 0 Å². The van der Waals surface area contributed by atoms with Crippen molar-refractivity contribution in [1.82, 2.24) is 0 Å². The highest BCUT2D eigenvalue weighted by Gasteiger charge is 2.05. The summed E-state index contributed by atoms with van der Waals surface area (Å²) in [5.74, 6) is 1.58. The Hall–Kier alpha value is -2.36. The van der Waals surface area contributed by atoms with E-state index in [0.29, 0.717) is 17.2 Å². The van der Waals surface area contributed by atoms with Crippen molar-refractivity contribution in [3.8, 4) is 28.7 Å². The molecule has 2 aromatic carbocycles. The predicted molar refractivity (Wildman–Crippen MR) is 62.8 cm³/mol. The van der Waals surface area contributed by atoms with Gasteiger partial charge in [0.1, 0.15) is 17.2 Å². The average Bonchev–Trinajstić information content (AvgIpc) is 2.34. The van der Waals surface area contributed by atoms with Crippen LogP contribution in [-0.2, 0) is 0 Å². The van der Waals surface area contributed by atoms with Crippen LogP contribution in [-0.4, -0.2) is 17.3 Å². The summed E-state index contributed by atoms with van der Waals surface area (Å²) in [6.07, 6.45) is 0. The van der Waals surface area contributed by atoms with Crippen LogP contribution in [0, 0.1) is 0 Å². The van der Waals surface area contributed by atoms with E-state index in [-0.39, 0.29) is 11.5 Å². The molecule has 0 aromatic heterocycles. The Morgan fingerprint density at radius 3 is 2.12 bits per heavy atom. The molecule has 0 spiro atoms. The molecule has 0 amide bonds. The van der Waals surface area contributed by atoms with Crippen LogP contribution in [0.4, 0.5) is 0 Å². The summed E-state index contributed by atoms with van der Waals surface area (Å²) < 4.78 is 10.4. The van der Waals surface area contributed by atoms with Crippen LogP contribution in [0.3, 0.4) is 0 Å². The number of phenols is 2. The lowest BCUT2D eigenvalue weighted by Crippen LogP contribution is -1.86. The monoisotopic (exact) mass is 232 g/mol. The van der Waals surface area contributed by atoms with Gasteiger partial charge in [-0.2, -0.15) is 0 Å². The zero-order valence-corrected chi connectivity index (χ0v) is 9.25. The SMILES string of the molecule is COc1ccc(Oc2ccc(O)cc2)c(O)c1. The van der Waals surface area contributed by atoms with Gasteiger partial charge in [-0.25, -0.2) is 0 Å². The third kappa shape index (κ3) is 2.60. The molecule has 17 heavy (non-hydrogen) atoms. The number of phenolic OH excluding ortho intramolecular Hbond substituents is 2. The fourth-order valence-electron chi connectivity index (χ4n) is 1.35. The van der Waals surface area contributed by atoms with E-state index in [0.717, 1.165) is 0 Å². The lowest BCUT2D eigenvalue weighted by atomic mass is 10.3. The summed E-state index contributed by atoms with van der Waals surface area (Å²) in [5, 5.41) is 18.8. The maximum Gasteiger partial charge on any atom is 0.169 e. The third-order valence-electron chi connectivity index (χ3n) is 2.23. The molecule has 2 rings (SSSR count). The molecule has 0 unspecified atom stereocenters. The Bertz CT molecular complexity index is 505. The summed E-state index contributed by atoms with van der Waals surface area (Å²) >= 11 is 0. The Morgan fingerprint density at radius 1 is 0.882 bits per heavy atom. The first kappa shape index (κ1) is 11.1. The first-order chi connectivity index (χ1) is 8.19. The van der Waals surface area contributed by atoms with Gasteiger partial charge >= 0.3 is 0 Å². The summed E-state index contributed by atoms with van der Waals surface area (Å²) in [4.78, 5) is 0. The van der Waals surface area contributed by atoms with Crippen molar-refractivity contribution in [2.24, 2.45) is 0 Å². The second-order valence-electron chi connectivity index (χ2n) is 3.43. The number of aromatic hydroxyl groups is 2. The van der Waals surface area contributed by atoms with Crippen LogP contribution < -0.4 is 9.47 Å². The maximum absolute atomic E-state index is 9.68. The van der Waals surface area contributed by atoms with Crippen molar-refractivity contribution < 1.29 is 19.7 Å². The minimum atomic E-state index is -0.00238. The third-order valence-corrected chi connectivity index (χ3v) is 2.23. The number of hydrogen-bond donors (Lipinski definition) is 2. The van der Waals surface area contributed by atoms with Gasteiger partial charge in [0.05, 0.1) is 7.11 Å². The molecule has 0 saturated heterocycles. The molecule has 0 saturated carbocycles. The van der Waals surface area contributed by atoms with Gasteiger partial charge < -0.3 is 19.7 Å². The van der Waals surface area contributed by atoms with Crippen molar-refractivity contribution >= 4 is 0 Å². The molecule has 88 valence electrons. The van der Waals surface area contributed by atoms with Gasteiger partial charge in [-0.05, 0) is 36.4 Å². The minimum Gasteiger partial charge on any atom is -0.508 e. The van der Waals surface area contributed by atoms with Crippen LogP contribution in [0.25, 0.3) is 0 Å². The summed E-state index contributed by atoms with van der Waals surface area (Å²) in [6, 6.07) is 11.0. The maximum atomic E-state index is 9.68. The van der Waals surface area contributed by atoms with Crippen LogP contribution >= 0.6 is 0 Å². The van der Waals surface area contributed by atoms with E-state index in [1.165, 1.54) is 25.3 Å². The lowest BCUT2D eigenvalue weighted by Gasteiger charge is -2.08. The largest absolute Gasteiger partial charge is 0.508 e. The van der Waals surface area contributed by atoms with Crippen molar-refractivity contribution in [2.45, 2.75) is 0 Å². The Kier molecular flexibility index (Phi) is 3.05. The molecule has 0 heterocycles. The van der Waals surface area contributed by atoms with E-state index < -0.39 is 0 Å². The number of ether oxygens (including phenoxy) is 2. The molecule has 4 nitrogen and oxygen atoms in total. The first-order valence-electron chi connectivity index (χ1n) is 5.03. The molecule has 0 bridgehead atoms. The zero-order chi connectivity index (χ0) is 12.3. The van der Waals surface area contributed by atoms with E-state index in [1.807, 2.05) is 0 Å². The van der Waals surface area contributed by atoms with Crippen molar-refractivity contribution in [3.05, 3.63) is 42.5 Å². The van der Waals surface area contributed by atoms with Crippen LogP contribution in [0.1, 0.15) is 0 Å². The van der Waals surface area contributed by atoms with Crippen LogP contribution in [0.15, 0.2) is 42.5 Å². The highest BCUT2D eigenvalue weighted by Crippen LogP contribution is 2.33. The standard InChI is InChI=1S/C13H12O4/c1-16-11-6-7-13(12(15)8-11)17-10-4-2-9(14)3-5-10/h2-8,14-15H,1H3. The molecule has 0 aliphatic carbocycles. The van der Waals surface area contributed by atoms with Crippen molar-refractivity contribution in [1.29, 1.82) is 0 Å². The summed E-state index contributed by atoms with van der Waals surface area (Å²) in [6.45, 7) is 0. The molecule has 0 aliphatic rings. The van der Waals surface area contributed by atoms with Gasteiger partial charge in [0.15, 0.2) is 11.5 Å². The van der Waals surface area contributed by atoms with Gasteiger partial charge in [-0.3, -0.25) is 0 Å². The topological polar surface area (TPSA) is 58.9 Å². The number of benzene rings is 2. The molecule has 0 atom stereocenters. The van der Waals surface area contributed by atoms with Crippen LogP contribution in [0.5, 0.6) is 28.7 Å². The highest BCUT2D eigenvalue weighted by atomic mass is 16.5. The van der Waals surface area contributed by atoms with Gasteiger partial charge in [0, 0.05) is 6.07 Å². The van der Waals surface area contributed by atoms with E-state index in [4.69, 9.17) is 14.6 Å². The molecule has 0 fully saturated rings. The minimum absolute atomic E-state index is 0.00238. The van der Waals surface area contributed by atoms with E-state index in [9.17, 15) is 5.11 Å². The normalized spacial score (nSPS) is 9.94. The molecule has 2 N–H and O–H groups in total. The Labute approximate surface area is 98.7 Å². The fourth-order valence-corrected chi connectivity index (χ4v) is 1.35. The second kappa shape index (κ2) is 4.65. The molecule has 0 aliphatic heterocycles. The summed E-state index contributed by atoms with van der Waals surface area (Å²) in [5.41, 5.74) is 0. The quantitative estimate of drug-likeness (QED) is 0.854. The zero-order valence-electron chi connectivity index (χ0n) is 9.25. The Balaban J connectivity index is 2.21. The second-order valence-corrected chi connectivity index (χ2v) is 3.43. The first-order valence-corrected chi connectivity index (χ1v) is 5.03. The molecule has 4 heteroatoms. The smallest absolute Gasteiger partial charge is 0.169 e. The molecule has 0 radical (unpaired) electrons. The van der Waals surface area contributed by atoms with Gasteiger partial charge in [-0.1, -0.05) is 0 Å². The average molecular weight is 232 g/mol. The highest BCUT2D eigenvalue weighted by molar-refractivity contribution is 5.46. The van der Waals surface area contributed by atoms with E-state index in [1.54, 1.807) is 24.3 Å².